The smallest absolute Gasteiger partial charge is 0.152 e. The summed E-state index contributed by atoms with van der Waals surface area (Å²) in [5.74, 6) is 0.155. The maximum atomic E-state index is 11.2. The van der Waals surface area contributed by atoms with Crippen molar-refractivity contribution in [2.75, 3.05) is 0 Å². The molecule has 3 heteroatoms. The van der Waals surface area contributed by atoms with Crippen molar-refractivity contribution in [2.45, 2.75) is 26.3 Å². The predicted molar refractivity (Wildman–Crippen MR) is 67.3 cm³/mol. The van der Waals surface area contributed by atoms with E-state index in [0.29, 0.717) is 12.0 Å². The quantitative estimate of drug-likeness (QED) is 0.756. The summed E-state index contributed by atoms with van der Waals surface area (Å²) in [6.07, 6.45) is 3.17. The molecule has 0 aliphatic heterocycles. The van der Waals surface area contributed by atoms with Gasteiger partial charge in [-0.1, -0.05) is 18.2 Å². The largest absolute Gasteiger partial charge is 0.344 e. The lowest BCUT2D eigenvalue weighted by atomic mass is 10.1. The highest BCUT2D eigenvalue weighted by Gasteiger charge is 2.13. The second-order valence-electron chi connectivity index (χ2n) is 4.38. The summed E-state index contributed by atoms with van der Waals surface area (Å²) in [6.45, 7) is 3.57. The number of aromatic nitrogens is 1. The first-order valence-electron chi connectivity index (χ1n) is 5.67. The van der Waals surface area contributed by atoms with Crippen LogP contribution in [0, 0.1) is 0 Å². The first-order valence-corrected chi connectivity index (χ1v) is 5.67. The molecule has 1 unspecified atom stereocenters. The molecule has 2 rings (SSSR count). The van der Waals surface area contributed by atoms with Crippen LogP contribution in [0.5, 0.6) is 0 Å². The Kier molecular flexibility index (Phi) is 3.09. The minimum Gasteiger partial charge on any atom is -0.344 e. The molecule has 0 radical (unpaired) electrons. The van der Waals surface area contributed by atoms with E-state index in [9.17, 15) is 9.59 Å². The van der Waals surface area contributed by atoms with Crippen LogP contribution in [0.15, 0.2) is 30.5 Å². The standard InChI is InChI=1S/C14H15NO2/c1-10(7-11(2)17)15-8-12(9-16)13-5-3-4-6-14(13)15/h3-6,8-10H,7H2,1-2H3. The Bertz CT molecular complexity index is 569. The number of fused-ring (bicyclic) bond motifs is 1. The van der Waals surface area contributed by atoms with Crippen molar-refractivity contribution in [2.24, 2.45) is 0 Å². The summed E-state index contributed by atoms with van der Waals surface area (Å²) in [4.78, 5) is 22.2. The Balaban J connectivity index is 2.54. The molecule has 0 fully saturated rings. The average Bonchev–Trinajstić information content (AvgIpc) is 2.67. The first kappa shape index (κ1) is 11.6. The minimum absolute atomic E-state index is 0.0751. The van der Waals surface area contributed by atoms with Crippen LogP contribution in [-0.2, 0) is 4.79 Å². The van der Waals surface area contributed by atoms with Crippen LogP contribution in [0.4, 0.5) is 0 Å². The third-order valence-corrected chi connectivity index (χ3v) is 2.96. The van der Waals surface area contributed by atoms with Crippen molar-refractivity contribution >= 4 is 23.0 Å². The van der Waals surface area contributed by atoms with E-state index < -0.39 is 0 Å². The Morgan fingerprint density at radius 2 is 2.12 bits per heavy atom. The topological polar surface area (TPSA) is 39.1 Å². The molecule has 0 saturated heterocycles. The highest BCUT2D eigenvalue weighted by molar-refractivity contribution is 5.97. The van der Waals surface area contributed by atoms with Crippen molar-refractivity contribution in [3.63, 3.8) is 0 Å². The van der Waals surface area contributed by atoms with Crippen molar-refractivity contribution < 1.29 is 9.59 Å². The summed E-state index contributed by atoms with van der Waals surface area (Å²) in [5.41, 5.74) is 1.68. The number of benzene rings is 1. The summed E-state index contributed by atoms with van der Waals surface area (Å²) in [7, 11) is 0. The number of Topliss-reactive ketones (excluding diaryl/α,β-unsaturated/α-hetero) is 1. The molecule has 0 amide bonds. The maximum absolute atomic E-state index is 11.2. The zero-order valence-electron chi connectivity index (χ0n) is 10.0. The van der Waals surface area contributed by atoms with E-state index in [1.54, 1.807) is 6.92 Å². The lowest BCUT2D eigenvalue weighted by Gasteiger charge is -2.13. The van der Waals surface area contributed by atoms with Crippen LogP contribution in [-0.4, -0.2) is 16.6 Å². The van der Waals surface area contributed by atoms with Gasteiger partial charge in [-0.3, -0.25) is 9.59 Å². The lowest BCUT2D eigenvalue weighted by Crippen LogP contribution is -2.07. The SMILES string of the molecule is CC(=O)CC(C)n1cc(C=O)c2ccccc21. The van der Waals surface area contributed by atoms with Crippen LogP contribution in [0.2, 0.25) is 0 Å². The predicted octanol–water partition coefficient (Wildman–Crippen LogP) is 2.99. The molecule has 0 saturated carbocycles. The Morgan fingerprint density at radius 3 is 2.76 bits per heavy atom. The Morgan fingerprint density at radius 1 is 1.41 bits per heavy atom. The molecule has 1 heterocycles. The van der Waals surface area contributed by atoms with E-state index in [1.165, 1.54) is 0 Å². The molecule has 0 spiro atoms. The van der Waals surface area contributed by atoms with Crippen LogP contribution < -0.4 is 0 Å². The zero-order chi connectivity index (χ0) is 12.4. The van der Waals surface area contributed by atoms with Crippen molar-refractivity contribution in [1.82, 2.24) is 4.57 Å². The van der Waals surface area contributed by atoms with Crippen molar-refractivity contribution in [3.8, 4) is 0 Å². The average molecular weight is 229 g/mol. The van der Waals surface area contributed by atoms with Gasteiger partial charge in [-0.25, -0.2) is 0 Å². The Hall–Kier alpha value is -1.90. The second-order valence-corrected chi connectivity index (χ2v) is 4.38. The van der Waals surface area contributed by atoms with Crippen molar-refractivity contribution in [1.29, 1.82) is 0 Å². The fourth-order valence-electron chi connectivity index (χ4n) is 2.20. The number of carbonyl (C=O) groups excluding carboxylic acids is 2. The van der Waals surface area contributed by atoms with E-state index in [2.05, 4.69) is 0 Å². The molecule has 3 nitrogen and oxygen atoms in total. The fourth-order valence-corrected chi connectivity index (χ4v) is 2.20. The molecule has 0 aliphatic rings. The van der Waals surface area contributed by atoms with E-state index >= 15 is 0 Å². The van der Waals surface area contributed by atoms with Gasteiger partial charge in [0.2, 0.25) is 0 Å². The highest BCUT2D eigenvalue weighted by Crippen LogP contribution is 2.25. The summed E-state index contributed by atoms with van der Waals surface area (Å²) in [5, 5.41) is 0.943. The molecule has 88 valence electrons. The number of hydrogen-bond acceptors (Lipinski definition) is 2. The minimum atomic E-state index is 0.0751. The number of rotatable bonds is 4. The third-order valence-electron chi connectivity index (χ3n) is 2.96. The Labute approximate surface area is 100 Å². The van der Waals surface area contributed by atoms with Crippen LogP contribution in [0.3, 0.4) is 0 Å². The number of carbonyl (C=O) groups is 2. The van der Waals surface area contributed by atoms with Gasteiger partial charge in [-0.2, -0.15) is 0 Å². The number of ketones is 1. The normalized spacial score (nSPS) is 12.6. The van der Waals surface area contributed by atoms with Crippen LogP contribution in [0.1, 0.15) is 36.7 Å². The molecule has 1 aromatic carbocycles. The summed E-state index contributed by atoms with van der Waals surface area (Å²) in [6, 6.07) is 7.82. The van der Waals surface area contributed by atoms with E-state index in [1.807, 2.05) is 42.0 Å². The molecule has 0 bridgehead atoms. The van der Waals surface area contributed by atoms with Crippen LogP contribution in [0.25, 0.3) is 10.9 Å². The molecular formula is C14H15NO2. The summed E-state index contributed by atoms with van der Waals surface area (Å²) < 4.78 is 2.00. The van der Waals surface area contributed by atoms with Gasteiger partial charge in [-0.05, 0) is 19.9 Å². The van der Waals surface area contributed by atoms with Crippen molar-refractivity contribution in [3.05, 3.63) is 36.0 Å². The van der Waals surface area contributed by atoms with Gasteiger partial charge >= 0.3 is 0 Å². The maximum Gasteiger partial charge on any atom is 0.152 e. The van der Waals surface area contributed by atoms with Gasteiger partial charge in [0.05, 0.1) is 0 Å². The molecule has 0 N–H and O–H groups in total. The van der Waals surface area contributed by atoms with Gasteiger partial charge in [0.15, 0.2) is 6.29 Å². The first-order chi connectivity index (χ1) is 8.13. The number of para-hydroxylation sites is 1. The molecule has 17 heavy (non-hydrogen) atoms. The van der Waals surface area contributed by atoms with E-state index in [-0.39, 0.29) is 11.8 Å². The molecule has 1 aromatic heterocycles. The van der Waals surface area contributed by atoms with Gasteiger partial charge < -0.3 is 4.57 Å². The fraction of sp³-hybridized carbons (Fsp3) is 0.286. The van der Waals surface area contributed by atoms with Gasteiger partial charge in [0, 0.05) is 35.1 Å². The molecule has 1 atom stereocenters. The van der Waals surface area contributed by atoms with E-state index in [0.717, 1.165) is 17.2 Å². The third kappa shape index (κ3) is 2.13. The van der Waals surface area contributed by atoms with Crippen LogP contribution >= 0.6 is 0 Å². The van der Waals surface area contributed by atoms with Gasteiger partial charge in [-0.15, -0.1) is 0 Å². The van der Waals surface area contributed by atoms with Gasteiger partial charge in [0.1, 0.15) is 5.78 Å². The monoisotopic (exact) mass is 229 g/mol. The molecular weight excluding hydrogens is 214 g/mol. The second kappa shape index (κ2) is 4.53. The lowest BCUT2D eigenvalue weighted by molar-refractivity contribution is -0.117. The molecule has 2 aromatic rings. The highest BCUT2D eigenvalue weighted by atomic mass is 16.1. The number of hydrogen-bond donors (Lipinski definition) is 0. The summed E-state index contributed by atoms with van der Waals surface area (Å²) >= 11 is 0. The number of aldehydes is 1. The number of nitrogens with zero attached hydrogens (tertiary/aromatic N) is 1. The zero-order valence-corrected chi connectivity index (χ0v) is 10.0. The van der Waals surface area contributed by atoms with E-state index in [4.69, 9.17) is 0 Å². The van der Waals surface area contributed by atoms with Gasteiger partial charge in [0.25, 0.3) is 0 Å². The molecule has 0 aliphatic carbocycles.